The molecule has 0 aliphatic heterocycles. The molecule has 196 valence electrons. The highest BCUT2D eigenvalue weighted by Crippen LogP contribution is 2.41. The fourth-order valence-corrected chi connectivity index (χ4v) is 4.94. The van der Waals surface area contributed by atoms with Crippen LogP contribution in [0.1, 0.15) is 22.8 Å². The summed E-state index contributed by atoms with van der Waals surface area (Å²) >= 11 is 12.3. The molecule has 9 nitrogen and oxygen atoms in total. The maximum absolute atomic E-state index is 13.3. The summed E-state index contributed by atoms with van der Waals surface area (Å²) < 4.78 is 38.0. The molecule has 12 heteroatoms. The summed E-state index contributed by atoms with van der Waals surface area (Å²) in [7, 11) is -4.48. The number of aromatic hydroxyl groups is 1. The number of benzene rings is 4. The molecule has 1 amide bonds. The van der Waals surface area contributed by atoms with Gasteiger partial charge in [0.25, 0.3) is 16.0 Å². The lowest BCUT2D eigenvalue weighted by Gasteiger charge is -2.14. The number of aryl methyl sites for hydroxylation is 1. The number of carbonyl (C=O) groups is 1. The monoisotopic (exact) mass is 573 g/mol. The number of amides is 1. The number of anilines is 1. The average Bonchev–Trinajstić information content (AvgIpc) is 2.85. The standard InChI is InChI=1S/C26H21Cl2N3O6S/c1-3-37-22-9-8-16(27)12-21(22)29-26(33)18-11-15-6-4-5-7-17(15)24(25(18)32)31-30-20-10-14(2)23(13-19(20)28)38(34,35)36/h4-13,32H,3H2,1-2H3,(H,29,33)(H,34,35,36). The van der Waals surface area contributed by atoms with Crippen LogP contribution in [-0.2, 0) is 10.1 Å². The van der Waals surface area contributed by atoms with Crippen LogP contribution < -0.4 is 10.1 Å². The summed E-state index contributed by atoms with van der Waals surface area (Å²) in [5, 5.41) is 23.5. The Bertz CT molecular complexity index is 1710. The van der Waals surface area contributed by atoms with Gasteiger partial charge in [-0.25, -0.2) is 0 Å². The molecule has 0 aliphatic carbocycles. The predicted octanol–water partition coefficient (Wildman–Crippen LogP) is 7.47. The Hall–Kier alpha value is -3.70. The van der Waals surface area contributed by atoms with E-state index in [2.05, 4.69) is 15.5 Å². The lowest BCUT2D eigenvalue weighted by molar-refractivity contribution is 0.102. The summed E-state index contributed by atoms with van der Waals surface area (Å²) in [4.78, 5) is 12.9. The van der Waals surface area contributed by atoms with Crippen molar-refractivity contribution in [1.82, 2.24) is 0 Å². The highest BCUT2D eigenvalue weighted by Gasteiger charge is 2.21. The number of hydrogen-bond donors (Lipinski definition) is 3. The molecule has 0 atom stereocenters. The molecular weight excluding hydrogens is 553 g/mol. The number of rotatable bonds is 7. The van der Waals surface area contributed by atoms with Crippen LogP contribution in [-0.4, -0.2) is 30.6 Å². The average molecular weight is 574 g/mol. The van der Waals surface area contributed by atoms with Gasteiger partial charge in [0.05, 0.1) is 27.8 Å². The summed E-state index contributed by atoms with van der Waals surface area (Å²) in [6.45, 7) is 3.63. The van der Waals surface area contributed by atoms with E-state index in [1.54, 1.807) is 43.3 Å². The van der Waals surface area contributed by atoms with Crippen LogP contribution in [0.4, 0.5) is 17.1 Å². The fraction of sp³-hybridized carbons (Fsp3) is 0.115. The molecule has 0 radical (unpaired) electrons. The van der Waals surface area contributed by atoms with E-state index in [9.17, 15) is 22.9 Å². The van der Waals surface area contributed by atoms with Crippen LogP contribution in [0.3, 0.4) is 0 Å². The normalized spacial score (nSPS) is 11.7. The van der Waals surface area contributed by atoms with Gasteiger partial charge >= 0.3 is 0 Å². The summed E-state index contributed by atoms with van der Waals surface area (Å²) in [6, 6.07) is 15.6. The van der Waals surface area contributed by atoms with E-state index in [4.69, 9.17) is 27.9 Å². The number of fused-ring (bicyclic) bond motifs is 1. The van der Waals surface area contributed by atoms with Crippen LogP contribution >= 0.6 is 23.2 Å². The van der Waals surface area contributed by atoms with Crippen molar-refractivity contribution < 1.29 is 27.6 Å². The largest absolute Gasteiger partial charge is 0.505 e. The Morgan fingerprint density at radius 3 is 2.50 bits per heavy atom. The van der Waals surface area contributed by atoms with Gasteiger partial charge in [-0.2, -0.15) is 8.42 Å². The molecule has 0 unspecified atom stereocenters. The van der Waals surface area contributed by atoms with E-state index in [0.29, 0.717) is 33.8 Å². The number of nitrogens with zero attached hydrogens (tertiary/aromatic N) is 2. The van der Waals surface area contributed by atoms with Gasteiger partial charge in [0.2, 0.25) is 0 Å². The Kier molecular flexibility index (Phi) is 7.89. The van der Waals surface area contributed by atoms with Gasteiger partial charge in [-0.3, -0.25) is 9.35 Å². The molecule has 0 saturated heterocycles. The number of phenolic OH excluding ortho intramolecular Hbond substituents is 1. The minimum absolute atomic E-state index is 0.00282. The third kappa shape index (κ3) is 5.73. The molecule has 0 aromatic heterocycles. The number of carbonyl (C=O) groups excluding carboxylic acids is 1. The maximum Gasteiger partial charge on any atom is 0.294 e. The van der Waals surface area contributed by atoms with E-state index in [0.717, 1.165) is 6.07 Å². The molecule has 0 fully saturated rings. The topological polar surface area (TPSA) is 138 Å². The first-order chi connectivity index (χ1) is 18.0. The second kappa shape index (κ2) is 11.0. The lowest BCUT2D eigenvalue weighted by Crippen LogP contribution is -2.13. The molecule has 0 heterocycles. The molecule has 4 rings (SSSR count). The minimum atomic E-state index is -4.48. The van der Waals surface area contributed by atoms with Crippen molar-refractivity contribution in [2.75, 3.05) is 11.9 Å². The van der Waals surface area contributed by atoms with Crippen molar-refractivity contribution >= 4 is 67.1 Å². The first-order valence-corrected chi connectivity index (χ1v) is 13.4. The van der Waals surface area contributed by atoms with Crippen LogP contribution in [0.25, 0.3) is 10.8 Å². The van der Waals surface area contributed by atoms with E-state index < -0.39 is 21.8 Å². The number of azo groups is 1. The first-order valence-electron chi connectivity index (χ1n) is 11.2. The van der Waals surface area contributed by atoms with Crippen molar-refractivity contribution in [3.8, 4) is 11.5 Å². The maximum atomic E-state index is 13.3. The Balaban J connectivity index is 1.79. The third-order valence-corrected chi connectivity index (χ3v) is 7.04. The molecule has 0 spiro atoms. The van der Waals surface area contributed by atoms with Crippen LogP contribution in [0.15, 0.2) is 75.8 Å². The lowest BCUT2D eigenvalue weighted by atomic mass is 10.0. The van der Waals surface area contributed by atoms with Crippen LogP contribution in [0, 0.1) is 6.92 Å². The quantitative estimate of drug-likeness (QED) is 0.155. The molecular formula is C26H21Cl2N3O6S. The highest BCUT2D eigenvalue weighted by molar-refractivity contribution is 7.85. The van der Waals surface area contributed by atoms with Gasteiger partial charge in [0.15, 0.2) is 5.75 Å². The number of nitrogens with one attached hydrogen (secondary N) is 1. The molecule has 0 saturated carbocycles. The zero-order chi connectivity index (χ0) is 27.6. The molecule has 38 heavy (non-hydrogen) atoms. The number of halogens is 2. The highest BCUT2D eigenvalue weighted by atomic mass is 35.5. The van der Waals surface area contributed by atoms with Gasteiger partial charge in [0, 0.05) is 10.4 Å². The van der Waals surface area contributed by atoms with E-state index in [1.807, 2.05) is 0 Å². The zero-order valence-electron chi connectivity index (χ0n) is 20.1. The second-order valence-electron chi connectivity index (χ2n) is 8.11. The zero-order valence-corrected chi connectivity index (χ0v) is 22.4. The smallest absolute Gasteiger partial charge is 0.294 e. The Labute approximate surface area is 228 Å². The van der Waals surface area contributed by atoms with Crippen molar-refractivity contribution in [3.63, 3.8) is 0 Å². The number of hydrogen-bond acceptors (Lipinski definition) is 7. The van der Waals surface area contributed by atoms with Crippen molar-refractivity contribution in [2.24, 2.45) is 10.2 Å². The van der Waals surface area contributed by atoms with E-state index >= 15 is 0 Å². The van der Waals surface area contributed by atoms with Gasteiger partial charge in [0.1, 0.15) is 17.1 Å². The second-order valence-corrected chi connectivity index (χ2v) is 10.3. The Morgan fingerprint density at radius 1 is 1.05 bits per heavy atom. The third-order valence-electron chi connectivity index (χ3n) is 5.51. The predicted molar refractivity (Wildman–Crippen MR) is 146 cm³/mol. The number of ether oxygens (including phenoxy) is 1. The van der Waals surface area contributed by atoms with Gasteiger partial charge in [-0.15, -0.1) is 10.2 Å². The van der Waals surface area contributed by atoms with Gasteiger partial charge in [-0.1, -0.05) is 47.5 Å². The molecule has 4 aromatic carbocycles. The van der Waals surface area contributed by atoms with Crippen molar-refractivity contribution in [1.29, 1.82) is 0 Å². The van der Waals surface area contributed by atoms with Crippen LogP contribution in [0.2, 0.25) is 10.0 Å². The number of phenols is 1. The summed E-state index contributed by atoms with van der Waals surface area (Å²) in [6.07, 6.45) is 0. The fourth-order valence-electron chi connectivity index (χ4n) is 3.77. The molecule has 3 N–H and O–H groups in total. The molecule has 4 aromatic rings. The van der Waals surface area contributed by atoms with Gasteiger partial charge < -0.3 is 15.2 Å². The van der Waals surface area contributed by atoms with Crippen molar-refractivity contribution in [3.05, 3.63) is 81.8 Å². The summed E-state index contributed by atoms with van der Waals surface area (Å²) in [5.41, 5.74) is 0.525. The SMILES string of the molecule is CCOc1ccc(Cl)cc1NC(=O)c1cc2ccccc2c(N=Nc2cc(C)c(S(=O)(=O)O)cc2Cl)c1O. The minimum Gasteiger partial charge on any atom is -0.505 e. The van der Waals surface area contributed by atoms with Gasteiger partial charge in [-0.05, 0) is 61.2 Å². The molecule has 0 bridgehead atoms. The summed E-state index contributed by atoms with van der Waals surface area (Å²) in [5.74, 6) is -0.671. The van der Waals surface area contributed by atoms with Crippen LogP contribution in [0.5, 0.6) is 11.5 Å². The first kappa shape index (κ1) is 27.3. The van der Waals surface area contributed by atoms with E-state index in [1.165, 1.54) is 25.1 Å². The molecule has 0 aliphatic rings. The Morgan fingerprint density at radius 2 is 1.79 bits per heavy atom. The van der Waals surface area contributed by atoms with E-state index in [-0.39, 0.29) is 32.4 Å². The van der Waals surface area contributed by atoms with Crippen molar-refractivity contribution in [2.45, 2.75) is 18.7 Å².